The van der Waals surface area contributed by atoms with Gasteiger partial charge in [-0.3, -0.25) is 4.79 Å². The van der Waals surface area contributed by atoms with Crippen molar-refractivity contribution in [2.24, 2.45) is 0 Å². The van der Waals surface area contributed by atoms with Crippen molar-refractivity contribution in [2.75, 3.05) is 6.61 Å². The maximum atomic E-state index is 12.4. The molecular formula is C25H19Cl2NO2. The lowest BCUT2D eigenvalue weighted by Gasteiger charge is -2.13. The van der Waals surface area contributed by atoms with Gasteiger partial charge in [-0.15, -0.1) is 0 Å². The predicted molar refractivity (Wildman–Crippen MR) is 119 cm³/mol. The van der Waals surface area contributed by atoms with Gasteiger partial charge in [0.15, 0.2) is 5.78 Å². The van der Waals surface area contributed by atoms with Crippen LogP contribution in [0, 0.1) is 11.3 Å². The number of hydrogen-bond donors (Lipinski definition) is 0. The lowest BCUT2D eigenvalue weighted by Crippen LogP contribution is -2.03. The third-order valence-electron chi connectivity index (χ3n) is 5.34. The van der Waals surface area contributed by atoms with Gasteiger partial charge in [0.2, 0.25) is 0 Å². The Morgan fingerprint density at radius 3 is 2.67 bits per heavy atom. The summed E-state index contributed by atoms with van der Waals surface area (Å²) in [5.74, 6) is 0.932. The van der Waals surface area contributed by atoms with Crippen LogP contribution in [0.2, 0.25) is 10.0 Å². The molecule has 1 aliphatic rings. The van der Waals surface area contributed by atoms with Crippen LogP contribution in [-0.4, -0.2) is 12.4 Å². The number of halogens is 2. The Morgan fingerprint density at radius 1 is 1.03 bits per heavy atom. The number of nitriles is 1. The minimum Gasteiger partial charge on any atom is -0.492 e. The summed E-state index contributed by atoms with van der Waals surface area (Å²) in [6.45, 7) is 0.525. The molecule has 0 saturated carbocycles. The highest BCUT2D eigenvalue weighted by molar-refractivity contribution is 6.35. The number of benzene rings is 3. The van der Waals surface area contributed by atoms with Crippen LogP contribution in [0.4, 0.5) is 0 Å². The molecule has 3 nitrogen and oxygen atoms in total. The van der Waals surface area contributed by atoms with E-state index in [9.17, 15) is 4.79 Å². The molecule has 0 amide bonds. The van der Waals surface area contributed by atoms with Crippen LogP contribution in [0.1, 0.15) is 46.7 Å². The number of ketones is 1. The number of carbonyl (C=O) groups is 1. The highest BCUT2D eigenvalue weighted by Gasteiger charge is 2.28. The first-order valence-electron chi connectivity index (χ1n) is 9.79. The van der Waals surface area contributed by atoms with Crippen molar-refractivity contribution in [3.63, 3.8) is 0 Å². The molecule has 0 saturated heterocycles. The molecule has 4 rings (SSSR count). The predicted octanol–water partition coefficient (Wildman–Crippen LogP) is 7.06. The second-order valence-corrected chi connectivity index (χ2v) is 8.14. The molecule has 1 heterocycles. The van der Waals surface area contributed by atoms with Crippen molar-refractivity contribution in [2.45, 2.75) is 25.2 Å². The van der Waals surface area contributed by atoms with E-state index < -0.39 is 0 Å². The minimum atomic E-state index is 0.0283. The molecule has 1 unspecified atom stereocenters. The molecule has 3 aromatic rings. The van der Waals surface area contributed by atoms with Crippen LogP contribution in [0.3, 0.4) is 0 Å². The fourth-order valence-corrected chi connectivity index (χ4v) is 4.32. The molecule has 0 spiro atoms. The molecule has 1 aliphatic heterocycles. The zero-order valence-corrected chi connectivity index (χ0v) is 17.7. The van der Waals surface area contributed by atoms with Crippen LogP contribution >= 0.6 is 23.2 Å². The van der Waals surface area contributed by atoms with E-state index in [4.69, 9.17) is 33.2 Å². The van der Waals surface area contributed by atoms with Crippen LogP contribution in [-0.2, 0) is 0 Å². The molecule has 3 aromatic carbocycles. The Bertz CT molecular complexity index is 1150. The Morgan fingerprint density at radius 2 is 1.87 bits per heavy atom. The first kappa shape index (κ1) is 20.5. The number of hydrogen-bond acceptors (Lipinski definition) is 3. The van der Waals surface area contributed by atoms with Crippen LogP contribution < -0.4 is 4.74 Å². The van der Waals surface area contributed by atoms with E-state index in [1.165, 1.54) is 0 Å². The summed E-state index contributed by atoms with van der Waals surface area (Å²) < 4.78 is 5.89. The van der Waals surface area contributed by atoms with Gasteiger partial charge in [0.05, 0.1) is 12.7 Å². The van der Waals surface area contributed by atoms with E-state index in [-0.39, 0.29) is 11.7 Å². The lowest BCUT2D eigenvalue weighted by atomic mass is 9.90. The fraction of sp³-hybridized carbons (Fsp3) is 0.200. The fourth-order valence-electron chi connectivity index (χ4n) is 3.78. The highest BCUT2D eigenvalue weighted by Crippen LogP contribution is 2.42. The van der Waals surface area contributed by atoms with Gasteiger partial charge in [-0.2, -0.15) is 5.26 Å². The summed E-state index contributed by atoms with van der Waals surface area (Å²) in [6, 6.07) is 21.3. The van der Waals surface area contributed by atoms with Crippen molar-refractivity contribution in [1.82, 2.24) is 0 Å². The second-order valence-electron chi connectivity index (χ2n) is 7.30. The Hall–Kier alpha value is -2.80. The van der Waals surface area contributed by atoms with E-state index in [0.29, 0.717) is 41.5 Å². The second kappa shape index (κ2) is 8.92. The molecule has 0 N–H and O–H groups in total. The zero-order chi connectivity index (χ0) is 21.1. The smallest absolute Gasteiger partial charge is 0.162 e. The Balaban J connectivity index is 1.64. The average molecular weight is 436 g/mol. The SMILES string of the molecule is N#CCCCC(=O)c1cccc(-c2ccc3c(c2)C(c2ccc(Cl)cc2Cl)CO3)c1. The molecule has 150 valence electrons. The van der Waals surface area contributed by atoms with E-state index in [0.717, 1.165) is 28.0 Å². The maximum absolute atomic E-state index is 12.4. The Kier molecular flexibility index (Phi) is 6.08. The van der Waals surface area contributed by atoms with E-state index in [1.54, 1.807) is 6.07 Å². The molecule has 5 heteroatoms. The number of unbranched alkanes of at least 4 members (excludes halogenated alkanes) is 1. The summed E-state index contributed by atoms with van der Waals surface area (Å²) in [7, 11) is 0. The van der Waals surface area contributed by atoms with Crippen LogP contribution in [0.15, 0.2) is 60.7 Å². The molecule has 0 radical (unpaired) electrons. The quantitative estimate of drug-likeness (QED) is 0.307. The molecule has 0 bridgehead atoms. The van der Waals surface area contributed by atoms with Crippen molar-refractivity contribution in [1.29, 1.82) is 5.26 Å². The van der Waals surface area contributed by atoms with Gasteiger partial charge in [0, 0.05) is 39.9 Å². The van der Waals surface area contributed by atoms with Crippen molar-refractivity contribution < 1.29 is 9.53 Å². The largest absolute Gasteiger partial charge is 0.492 e. The third-order valence-corrected chi connectivity index (χ3v) is 5.90. The van der Waals surface area contributed by atoms with Gasteiger partial charge in [0.25, 0.3) is 0 Å². The number of nitrogens with zero attached hydrogens (tertiary/aromatic N) is 1. The van der Waals surface area contributed by atoms with Gasteiger partial charge in [0.1, 0.15) is 5.75 Å². The number of rotatable bonds is 6. The number of Topliss-reactive ketones (excluding diaryl/α,β-unsaturated/α-hetero) is 1. The Labute approximate surface area is 185 Å². The average Bonchev–Trinajstić information content (AvgIpc) is 3.17. The first-order valence-corrected chi connectivity index (χ1v) is 10.5. The molecule has 1 atom stereocenters. The zero-order valence-electron chi connectivity index (χ0n) is 16.2. The summed E-state index contributed by atoms with van der Waals surface area (Å²) in [6.07, 6.45) is 1.36. The number of fused-ring (bicyclic) bond motifs is 1. The van der Waals surface area contributed by atoms with E-state index >= 15 is 0 Å². The minimum absolute atomic E-state index is 0.0283. The molecule has 0 aromatic heterocycles. The van der Waals surface area contributed by atoms with E-state index in [2.05, 4.69) is 12.1 Å². The monoisotopic (exact) mass is 435 g/mol. The molecule has 0 fully saturated rings. The summed E-state index contributed by atoms with van der Waals surface area (Å²) in [4.78, 5) is 12.4. The van der Waals surface area contributed by atoms with Gasteiger partial charge in [-0.1, -0.05) is 53.5 Å². The van der Waals surface area contributed by atoms with E-state index in [1.807, 2.05) is 48.5 Å². The van der Waals surface area contributed by atoms with Crippen LogP contribution in [0.25, 0.3) is 11.1 Å². The molecular weight excluding hydrogens is 417 g/mol. The van der Waals surface area contributed by atoms with Crippen LogP contribution in [0.5, 0.6) is 5.75 Å². The maximum Gasteiger partial charge on any atom is 0.162 e. The molecule has 30 heavy (non-hydrogen) atoms. The van der Waals surface area contributed by atoms with Gasteiger partial charge in [-0.25, -0.2) is 0 Å². The summed E-state index contributed by atoms with van der Waals surface area (Å²) in [5, 5.41) is 9.90. The van der Waals surface area contributed by atoms with Gasteiger partial charge in [-0.05, 0) is 53.4 Å². The number of carbonyl (C=O) groups excluding carboxylic acids is 1. The summed E-state index contributed by atoms with van der Waals surface area (Å²) in [5.41, 5.74) is 4.71. The lowest BCUT2D eigenvalue weighted by molar-refractivity contribution is 0.0980. The topological polar surface area (TPSA) is 50.1 Å². The first-order chi connectivity index (χ1) is 14.6. The van der Waals surface area contributed by atoms with Crippen molar-refractivity contribution in [3.05, 3.63) is 87.4 Å². The molecule has 0 aliphatic carbocycles. The third kappa shape index (κ3) is 4.21. The van der Waals surface area contributed by atoms with Crippen molar-refractivity contribution >= 4 is 29.0 Å². The van der Waals surface area contributed by atoms with Gasteiger partial charge < -0.3 is 4.74 Å². The van der Waals surface area contributed by atoms with Crippen molar-refractivity contribution in [3.8, 4) is 22.9 Å². The van der Waals surface area contributed by atoms with Gasteiger partial charge >= 0.3 is 0 Å². The summed E-state index contributed by atoms with van der Waals surface area (Å²) >= 11 is 12.5. The standard InChI is InChI=1S/C25H19Cl2NO2/c26-19-8-9-20(23(27)14-19)22-15-30-25-10-7-17(13-21(22)25)16-4-3-5-18(12-16)24(29)6-1-2-11-28/h3-5,7-10,12-14,22H,1-2,6,15H2. The highest BCUT2D eigenvalue weighted by atomic mass is 35.5. The normalized spacial score (nSPS) is 14.6. The number of ether oxygens (including phenoxy) is 1.